The van der Waals surface area contributed by atoms with Crippen LogP contribution in [0.15, 0.2) is 0 Å². The van der Waals surface area contributed by atoms with E-state index in [1.54, 1.807) is 0 Å². The summed E-state index contributed by atoms with van der Waals surface area (Å²) in [7, 11) is 1.00. The quantitative estimate of drug-likeness (QED) is 0.657. The summed E-state index contributed by atoms with van der Waals surface area (Å²) >= 11 is 0. The van der Waals surface area contributed by atoms with Crippen LogP contribution in [0.25, 0.3) is 0 Å². The maximum Gasteiger partial charge on any atom is 0.0319 e. The second-order valence-corrected chi connectivity index (χ2v) is 1.35. The van der Waals surface area contributed by atoms with Gasteiger partial charge in [-0.3, -0.25) is 0 Å². The van der Waals surface area contributed by atoms with Gasteiger partial charge < -0.3 is 5.11 Å². The van der Waals surface area contributed by atoms with E-state index < -0.39 is 0 Å². The minimum absolute atomic E-state index is 1.00. The lowest BCUT2D eigenvalue weighted by atomic mass is 10.3. The first-order valence-corrected chi connectivity index (χ1v) is 4.86. The molecule has 0 heterocycles. The fourth-order valence-electron chi connectivity index (χ4n) is 0.354. The van der Waals surface area contributed by atoms with Crippen molar-refractivity contribution in [3.8, 4) is 0 Å². The number of hydrogen-bond donors (Lipinski definition) is 1. The maximum atomic E-state index is 7.00. The monoisotopic (exact) mass is 164 g/mol. The number of rotatable bonds is 2. The van der Waals surface area contributed by atoms with Crippen LogP contribution in [0.2, 0.25) is 0 Å². The Bertz CT molecular complexity index is 12.3. The summed E-state index contributed by atoms with van der Waals surface area (Å²) in [6.45, 7) is 12.4. The first kappa shape index (κ1) is 22.4. The molecule has 0 aromatic carbocycles. The third-order valence-electron chi connectivity index (χ3n) is 0.707. The van der Waals surface area contributed by atoms with Gasteiger partial charge in [-0.25, -0.2) is 0 Å². The van der Waals surface area contributed by atoms with Crippen molar-refractivity contribution in [2.45, 2.75) is 60.8 Å². The van der Waals surface area contributed by atoms with Crippen molar-refractivity contribution in [1.29, 1.82) is 0 Å². The van der Waals surface area contributed by atoms with Gasteiger partial charge in [-0.2, -0.15) is 0 Å². The van der Waals surface area contributed by atoms with Crippen LogP contribution in [-0.2, 0) is 0 Å². The Balaban J connectivity index is -0.0000000350. The molecular weight excluding hydrogens is 136 g/mol. The lowest BCUT2D eigenvalue weighted by Gasteiger charge is -1.79. The van der Waals surface area contributed by atoms with Crippen molar-refractivity contribution in [3.05, 3.63) is 0 Å². The molecular formula is C10H28O. The minimum atomic E-state index is 1.00. The average molecular weight is 164 g/mol. The Hall–Kier alpha value is -0.0400. The summed E-state index contributed by atoms with van der Waals surface area (Å²) in [4.78, 5) is 0. The van der Waals surface area contributed by atoms with Crippen LogP contribution in [0.4, 0.5) is 0 Å². The van der Waals surface area contributed by atoms with Gasteiger partial charge in [0, 0.05) is 7.11 Å². The lowest BCUT2D eigenvalue weighted by Crippen LogP contribution is -1.59. The van der Waals surface area contributed by atoms with Gasteiger partial charge in [0.1, 0.15) is 0 Å². The number of unbranched alkanes of at least 4 members (excludes halogenated alkanes) is 2. The molecule has 0 saturated heterocycles. The molecule has 1 nitrogen and oxygen atoms in total. The fraction of sp³-hybridized carbons (Fsp3) is 1.00. The topological polar surface area (TPSA) is 20.2 Å². The molecule has 0 radical (unpaired) electrons. The maximum absolute atomic E-state index is 7.00. The molecule has 0 aromatic rings. The summed E-state index contributed by atoms with van der Waals surface area (Å²) in [5.41, 5.74) is 0. The SMILES string of the molecule is CC.CC.CCCCC.CO. The highest BCUT2D eigenvalue weighted by molar-refractivity contribution is 4.24. The highest BCUT2D eigenvalue weighted by Crippen LogP contribution is 1.88. The molecule has 0 atom stereocenters. The van der Waals surface area contributed by atoms with Gasteiger partial charge >= 0.3 is 0 Å². The summed E-state index contributed by atoms with van der Waals surface area (Å²) in [6.07, 6.45) is 4.08. The first-order valence-electron chi connectivity index (χ1n) is 4.86. The molecule has 0 saturated carbocycles. The van der Waals surface area contributed by atoms with E-state index in [1.165, 1.54) is 19.3 Å². The molecule has 0 bridgehead atoms. The zero-order chi connectivity index (χ0) is 10.1. The van der Waals surface area contributed by atoms with Gasteiger partial charge in [-0.15, -0.1) is 0 Å². The van der Waals surface area contributed by atoms with E-state index in [0.717, 1.165) is 7.11 Å². The molecule has 74 valence electrons. The first-order chi connectivity index (χ1) is 5.41. The van der Waals surface area contributed by atoms with Crippen LogP contribution < -0.4 is 0 Å². The predicted octanol–water partition coefficient (Wildman–Crippen LogP) is 3.86. The summed E-state index contributed by atoms with van der Waals surface area (Å²) in [5.74, 6) is 0. The van der Waals surface area contributed by atoms with E-state index in [1.807, 2.05) is 27.7 Å². The van der Waals surface area contributed by atoms with Crippen molar-refractivity contribution >= 4 is 0 Å². The highest BCUT2D eigenvalue weighted by Gasteiger charge is 1.68. The molecule has 0 spiro atoms. The Morgan fingerprint density at radius 3 is 0.909 bits per heavy atom. The normalized spacial score (nSPS) is 5.45. The summed E-state index contributed by atoms with van der Waals surface area (Å²) < 4.78 is 0. The van der Waals surface area contributed by atoms with Crippen LogP contribution in [-0.4, -0.2) is 12.2 Å². The number of aliphatic hydroxyl groups excluding tert-OH is 1. The molecule has 1 N–H and O–H groups in total. The number of aliphatic hydroxyl groups is 1. The van der Waals surface area contributed by atoms with Crippen LogP contribution >= 0.6 is 0 Å². The zero-order valence-electron chi connectivity index (χ0n) is 9.57. The van der Waals surface area contributed by atoms with Gasteiger partial charge in [0.05, 0.1) is 0 Å². The molecule has 0 unspecified atom stereocenters. The summed E-state index contributed by atoms with van der Waals surface area (Å²) in [6, 6.07) is 0. The smallest absolute Gasteiger partial charge is 0.0319 e. The second-order valence-electron chi connectivity index (χ2n) is 1.35. The standard InChI is InChI=1S/C5H12.2C2H6.CH4O/c1-3-5-4-2;3*1-2/h3-5H2,1-2H3;2*1-2H3;2H,1H3. The molecule has 1 heteroatoms. The average Bonchev–Trinajstić information content (AvgIpc) is 2.16. The van der Waals surface area contributed by atoms with Crippen LogP contribution in [0, 0.1) is 0 Å². The molecule has 0 fully saturated rings. The molecule has 0 aliphatic rings. The summed E-state index contributed by atoms with van der Waals surface area (Å²) in [5, 5.41) is 7.00. The molecule has 0 aliphatic heterocycles. The molecule has 0 rings (SSSR count). The minimum Gasteiger partial charge on any atom is -0.400 e. The van der Waals surface area contributed by atoms with Gasteiger partial charge in [-0.1, -0.05) is 60.8 Å². The second kappa shape index (κ2) is 91.3. The molecule has 0 aliphatic carbocycles. The van der Waals surface area contributed by atoms with E-state index in [-0.39, 0.29) is 0 Å². The van der Waals surface area contributed by atoms with Crippen molar-refractivity contribution in [2.24, 2.45) is 0 Å². The molecule has 0 amide bonds. The van der Waals surface area contributed by atoms with Gasteiger partial charge in [0.15, 0.2) is 0 Å². The van der Waals surface area contributed by atoms with Crippen molar-refractivity contribution in [3.63, 3.8) is 0 Å². The van der Waals surface area contributed by atoms with E-state index >= 15 is 0 Å². The van der Waals surface area contributed by atoms with Crippen LogP contribution in [0.3, 0.4) is 0 Å². The zero-order valence-corrected chi connectivity index (χ0v) is 9.57. The lowest BCUT2D eigenvalue weighted by molar-refractivity contribution is 0.399. The number of hydrogen-bond acceptors (Lipinski definition) is 1. The molecule has 11 heavy (non-hydrogen) atoms. The Morgan fingerprint density at radius 1 is 0.727 bits per heavy atom. The van der Waals surface area contributed by atoms with Crippen molar-refractivity contribution in [2.75, 3.05) is 7.11 Å². The third-order valence-corrected chi connectivity index (χ3v) is 0.707. The highest BCUT2D eigenvalue weighted by atomic mass is 16.2. The van der Waals surface area contributed by atoms with Gasteiger partial charge in [-0.05, 0) is 0 Å². The van der Waals surface area contributed by atoms with E-state index in [9.17, 15) is 0 Å². The Kier molecular flexibility index (Phi) is 186. The molecule has 0 aromatic heterocycles. The largest absolute Gasteiger partial charge is 0.400 e. The Labute approximate surface area is 73.8 Å². The van der Waals surface area contributed by atoms with Crippen LogP contribution in [0.5, 0.6) is 0 Å². The fourth-order valence-corrected chi connectivity index (χ4v) is 0.354. The predicted molar refractivity (Wildman–Crippen MR) is 56.0 cm³/mol. The van der Waals surface area contributed by atoms with Crippen LogP contribution in [0.1, 0.15) is 60.8 Å². The van der Waals surface area contributed by atoms with Crippen molar-refractivity contribution in [1.82, 2.24) is 0 Å². The van der Waals surface area contributed by atoms with E-state index in [0.29, 0.717) is 0 Å². The van der Waals surface area contributed by atoms with Crippen molar-refractivity contribution < 1.29 is 5.11 Å². The van der Waals surface area contributed by atoms with E-state index in [4.69, 9.17) is 5.11 Å². The third kappa shape index (κ3) is 164. The van der Waals surface area contributed by atoms with E-state index in [2.05, 4.69) is 13.8 Å². The van der Waals surface area contributed by atoms with Gasteiger partial charge in [0.25, 0.3) is 0 Å². The van der Waals surface area contributed by atoms with Gasteiger partial charge in [0.2, 0.25) is 0 Å². The Morgan fingerprint density at radius 2 is 0.909 bits per heavy atom.